The molecule has 2 aliphatic rings. The van der Waals surface area contributed by atoms with E-state index in [4.69, 9.17) is 0 Å². The van der Waals surface area contributed by atoms with Crippen LogP contribution in [0.25, 0.3) is 0 Å². The van der Waals surface area contributed by atoms with E-state index in [-0.39, 0.29) is 5.75 Å². The number of imide groups is 1. The fourth-order valence-electron chi connectivity index (χ4n) is 5.78. The Balaban J connectivity index is 1.71. The summed E-state index contributed by atoms with van der Waals surface area (Å²) in [5, 5.41) is 24.2. The van der Waals surface area contributed by atoms with Crippen LogP contribution in [-0.2, 0) is 26.3 Å². The maximum absolute atomic E-state index is 14.0. The van der Waals surface area contributed by atoms with Crippen molar-refractivity contribution in [2.24, 2.45) is 11.8 Å². The summed E-state index contributed by atoms with van der Waals surface area (Å²) >= 11 is 0. The van der Waals surface area contributed by atoms with Crippen molar-refractivity contribution in [1.82, 2.24) is 5.32 Å². The van der Waals surface area contributed by atoms with Gasteiger partial charge in [-0.15, -0.1) is 0 Å². The molecule has 3 N–H and O–H groups in total. The molecule has 0 aliphatic carbocycles. The van der Waals surface area contributed by atoms with Crippen LogP contribution >= 0.6 is 0 Å². The minimum absolute atomic E-state index is 0.146. The molecule has 0 aromatic heterocycles. The number of aryl methyl sites for hydroxylation is 3. The van der Waals surface area contributed by atoms with E-state index in [0.29, 0.717) is 27.9 Å². The number of nitrogens with zero attached hydrogens (tertiary/aromatic N) is 1. The fourth-order valence-corrected chi connectivity index (χ4v) is 5.78. The lowest BCUT2D eigenvalue weighted by atomic mass is 9.75. The molecule has 7 nitrogen and oxygen atoms in total. The lowest BCUT2D eigenvalue weighted by Gasteiger charge is -2.31. The number of phenolic OH excluding ortho intramolecular Hbond substituents is 1. The average Bonchev–Trinajstić information content (AvgIpc) is 3.37. The molecule has 0 radical (unpaired) electrons. The molecule has 2 fully saturated rings. The number of benzene rings is 3. The molecule has 2 amide bonds. The predicted octanol–water partition coefficient (Wildman–Crippen LogP) is 4.00. The first-order chi connectivity index (χ1) is 17.2. The van der Waals surface area contributed by atoms with E-state index in [2.05, 4.69) is 5.32 Å². The van der Waals surface area contributed by atoms with E-state index >= 15 is 0 Å². The Labute approximate surface area is 209 Å². The quantitative estimate of drug-likeness (QED) is 0.473. The van der Waals surface area contributed by atoms with Gasteiger partial charge in [-0.2, -0.15) is 0 Å². The monoisotopic (exact) mass is 484 g/mol. The Hall–Kier alpha value is -3.97. The van der Waals surface area contributed by atoms with Crippen LogP contribution in [0.1, 0.15) is 40.8 Å². The first-order valence-corrected chi connectivity index (χ1v) is 12.0. The first kappa shape index (κ1) is 23.8. The van der Waals surface area contributed by atoms with Crippen LogP contribution in [0.2, 0.25) is 0 Å². The summed E-state index contributed by atoms with van der Waals surface area (Å²) in [4.78, 5) is 42.1. The summed E-state index contributed by atoms with van der Waals surface area (Å²) in [5.41, 5.74) is 1.98. The molecule has 7 heteroatoms. The number of hydrogen-bond donors (Lipinski definition) is 3. The van der Waals surface area contributed by atoms with Gasteiger partial charge in [0, 0.05) is 6.04 Å². The Bertz CT molecular complexity index is 1350. The maximum atomic E-state index is 14.0. The van der Waals surface area contributed by atoms with Gasteiger partial charge in [0.1, 0.15) is 5.75 Å². The molecule has 2 saturated heterocycles. The summed E-state index contributed by atoms with van der Waals surface area (Å²) in [6.45, 7) is 5.52. The van der Waals surface area contributed by atoms with Crippen molar-refractivity contribution in [1.29, 1.82) is 0 Å². The smallest absolute Gasteiger partial charge is 0.329 e. The van der Waals surface area contributed by atoms with E-state index < -0.39 is 41.2 Å². The molecule has 0 saturated carbocycles. The van der Waals surface area contributed by atoms with Crippen molar-refractivity contribution in [3.63, 3.8) is 0 Å². The van der Waals surface area contributed by atoms with Gasteiger partial charge in [0.25, 0.3) is 0 Å². The number of aliphatic carboxylic acids is 1. The number of carbonyl (C=O) groups excluding carboxylic acids is 2. The highest BCUT2D eigenvalue weighted by Gasteiger charge is 2.69. The van der Waals surface area contributed by atoms with Gasteiger partial charge < -0.3 is 10.2 Å². The van der Waals surface area contributed by atoms with E-state index in [1.165, 1.54) is 0 Å². The zero-order valence-electron chi connectivity index (χ0n) is 20.4. The summed E-state index contributed by atoms with van der Waals surface area (Å²) < 4.78 is 0. The second-order valence-corrected chi connectivity index (χ2v) is 9.64. The van der Waals surface area contributed by atoms with Gasteiger partial charge in [-0.1, -0.05) is 61.5 Å². The number of fused-ring (bicyclic) bond motifs is 1. The second kappa shape index (κ2) is 8.60. The van der Waals surface area contributed by atoms with Crippen LogP contribution in [0.5, 0.6) is 5.75 Å². The zero-order valence-corrected chi connectivity index (χ0v) is 20.4. The van der Waals surface area contributed by atoms with Gasteiger partial charge >= 0.3 is 5.97 Å². The number of amides is 2. The van der Waals surface area contributed by atoms with E-state index in [9.17, 15) is 24.6 Å². The standard InChI is InChI=1S/C29H28N2O5/c1-4-18-10-12-21(13-11-18)31-26(33)22-23(27(31)34)29(28(35)36,20-8-6-5-7-9-20)30-24(22)19-14-16(2)25(32)17(3)15-19/h5-15,22-24,30,32H,4H2,1-3H3,(H,35,36). The molecule has 184 valence electrons. The van der Waals surface area contributed by atoms with Crippen LogP contribution in [0.15, 0.2) is 66.7 Å². The number of hydrogen-bond acceptors (Lipinski definition) is 5. The summed E-state index contributed by atoms with van der Waals surface area (Å²) in [7, 11) is 0. The van der Waals surface area contributed by atoms with Crippen LogP contribution in [-0.4, -0.2) is 28.0 Å². The molecule has 0 spiro atoms. The van der Waals surface area contributed by atoms with E-state index in [1.807, 2.05) is 19.1 Å². The number of carbonyl (C=O) groups is 3. The van der Waals surface area contributed by atoms with Gasteiger partial charge in [0.05, 0.1) is 17.5 Å². The Kier molecular flexibility index (Phi) is 5.68. The molecule has 2 aliphatic heterocycles. The van der Waals surface area contributed by atoms with Gasteiger partial charge in [-0.25, -0.2) is 9.69 Å². The van der Waals surface area contributed by atoms with Crippen LogP contribution in [0.4, 0.5) is 5.69 Å². The fraction of sp³-hybridized carbons (Fsp3) is 0.276. The summed E-state index contributed by atoms with van der Waals surface area (Å²) in [5.74, 6) is -4.15. The second-order valence-electron chi connectivity index (χ2n) is 9.64. The van der Waals surface area contributed by atoms with Crippen molar-refractivity contribution in [2.75, 3.05) is 4.90 Å². The Morgan fingerprint density at radius 2 is 1.58 bits per heavy atom. The normalized spacial score (nSPS) is 25.3. The molecule has 36 heavy (non-hydrogen) atoms. The molecular formula is C29H28N2O5. The number of anilines is 1. The third-order valence-corrected chi connectivity index (χ3v) is 7.60. The minimum atomic E-state index is -1.80. The largest absolute Gasteiger partial charge is 0.507 e. The minimum Gasteiger partial charge on any atom is -0.507 e. The molecule has 2 heterocycles. The molecule has 0 bridgehead atoms. The van der Waals surface area contributed by atoms with Crippen LogP contribution in [0.3, 0.4) is 0 Å². The van der Waals surface area contributed by atoms with Crippen LogP contribution in [0, 0.1) is 25.7 Å². The topological polar surface area (TPSA) is 107 Å². The van der Waals surface area contributed by atoms with Gasteiger partial charge in [0.2, 0.25) is 11.8 Å². The zero-order chi connectivity index (χ0) is 25.8. The third-order valence-electron chi connectivity index (χ3n) is 7.60. The highest BCUT2D eigenvalue weighted by molar-refractivity contribution is 6.24. The van der Waals surface area contributed by atoms with E-state index in [1.54, 1.807) is 68.4 Å². The average molecular weight is 485 g/mol. The van der Waals surface area contributed by atoms with Crippen molar-refractivity contribution < 1.29 is 24.6 Å². The number of aromatic hydroxyl groups is 1. The molecule has 3 aromatic rings. The van der Waals surface area contributed by atoms with Crippen molar-refractivity contribution in [3.05, 3.63) is 94.5 Å². The highest BCUT2D eigenvalue weighted by atomic mass is 16.4. The lowest BCUT2D eigenvalue weighted by Crippen LogP contribution is -2.53. The Morgan fingerprint density at radius 1 is 0.972 bits per heavy atom. The predicted molar refractivity (Wildman–Crippen MR) is 135 cm³/mol. The summed E-state index contributed by atoms with van der Waals surface area (Å²) in [6, 6.07) is 18.5. The third kappa shape index (κ3) is 3.34. The van der Waals surface area contributed by atoms with Gasteiger partial charge in [-0.3, -0.25) is 14.9 Å². The summed E-state index contributed by atoms with van der Waals surface area (Å²) in [6.07, 6.45) is 0.815. The molecular weight excluding hydrogens is 456 g/mol. The Morgan fingerprint density at radius 3 is 2.14 bits per heavy atom. The highest BCUT2D eigenvalue weighted by Crippen LogP contribution is 2.54. The first-order valence-electron chi connectivity index (χ1n) is 12.0. The van der Waals surface area contributed by atoms with Crippen LogP contribution < -0.4 is 10.2 Å². The molecule has 4 unspecified atom stereocenters. The van der Waals surface area contributed by atoms with Crippen molar-refractivity contribution in [2.45, 2.75) is 38.8 Å². The number of carboxylic acid groups (broad SMARTS) is 1. The van der Waals surface area contributed by atoms with E-state index in [0.717, 1.165) is 16.9 Å². The lowest BCUT2D eigenvalue weighted by molar-refractivity contribution is -0.149. The number of nitrogens with one attached hydrogen (secondary N) is 1. The molecule has 4 atom stereocenters. The molecule has 5 rings (SSSR count). The number of rotatable bonds is 5. The van der Waals surface area contributed by atoms with Crippen molar-refractivity contribution >= 4 is 23.5 Å². The van der Waals surface area contributed by atoms with Gasteiger partial charge in [0.15, 0.2) is 5.54 Å². The molecule has 3 aromatic carbocycles. The maximum Gasteiger partial charge on any atom is 0.329 e. The number of phenols is 1. The SMILES string of the molecule is CCc1ccc(N2C(=O)C3C(c4cc(C)c(O)c(C)c4)NC(C(=O)O)(c4ccccc4)C3C2=O)cc1. The number of carboxylic acids is 1. The van der Waals surface area contributed by atoms with Gasteiger partial charge in [-0.05, 0) is 60.2 Å². The van der Waals surface area contributed by atoms with Crippen molar-refractivity contribution in [3.8, 4) is 5.75 Å².